The lowest BCUT2D eigenvalue weighted by molar-refractivity contribution is -0.136. The number of amides is 1. The highest BCUT2D eigenvalue weighted by molar-refractivity contribution is 6.20. The second-order valence-corrected chi connectivity index (χ2v) is 7.94. The second-order valence-electron chi connectivity index (χ2n) is 7.94. The fraction of sp³-hybridized carbons (Fsp3) is 0.308. The van der Waals surface area contributed by atoms with Crippen molar-refractivity contribution >= 4 is 28.3 Å². The number of nitrogens with zero attached hydrogens (tertiary/aromatic N) is 1. The highest BCUT2D eigenvalue weighted by atomic mass is 16.5. The number of carboxylic acid groups (broad SMARTS) is 1. The summed E-state index contributed by atoms with van der Waals surface area (Å²) in [5.74, 6) is -0.242. The molecule has 3 aromatic carbocycles. The lowest BCUT2D eigenvalue weighted by atomic mass is 9.98. The first-order valence-corrected chi connectivity index (χ1v) is 11.1. The zero-order chi connectivity index (χ0) is 23.5. The molecule has 0 aliphatic carbocycles. The van der Waals surface area contributed by atoms with Crippen LogP contribution in [0.15, 0.2) is 48.5 Å². The number of fused-ring (bicyclic) bond motifs is 3. The number of hydrogen-bond donors (Lipinski definition) is 2. The third-order valence-corrected chi connectivity index (χ3v) is 5.69. The first-order chi connectivity index (χ1) is 16.0. The molecule has 7 nitrogen and oxygen atoms in total. The van der Waals surface area contributed by atoms with E-state index in [1.165, 1.54) is 4.90 Å². The summed E-state index contributed by atoms with van der Waals surface area (Å²) in [5.41, 5.74) is 1.87. The lowest BCUT2D eigenvalue weighted by Crippen LogP contribution is -2.27. The smallest absolute Gasteiger partial charge is 0.307 e. The van der Waals surface area contributed by atoms with Gasteiger partial charge in [-0.1, -0.05) is 37.6 Å². The van der Waals surface area contributed by atoms with Gasteiger partial charge in [0.1, 0.15) is 11.5 Å². The van der Waals surface area contributed by atoms with Crippen LogP contribution in [0.2, 0.25) is 0 Å². The largest absolute Gasteiger partial charge is 0.493 e. The van der Waals surface area contributed by atoms with E-state index >= 15 is 0 Å². The van der Waals surface area contributed by atoms with Gasteiger partial charge in [-0.15, -0.1) is 0 Å². The Hall–Kier alpha value is -3.58. The number of anilines is 1. The van der Waals surface area contributed by atoms with Crippen molar-refractivity contribution in [3.8, 4) is 11.5 Å². The number of carbonyl (C=O) groups is 2. The normalized spacial score (nSPS) is 15.1. The van der Waals surface area contributed by atoms with Crippen LogP contribution in [0.4, 0.5) is 5.69 Å². The molecule has 1 atom stereocenters. The fourth-order valence-corrected chi connectivity index (χ4v) is 4.18. The summed E-state index contributed by atoms with van der Waals surface area (Å²) in [6, 6.07) is 14.0. The molecule has 1 aliphatic heterocycles. The molecule has 0 bridgehead atoms. The van der Waals surface area contributed by atoms with Crippen molar-refractivity contribution in [3.05, 3.63) is 65.2 Å². The highest BCUT2D eigenvalue weighted by Crippen LogP contribution is 2.46. The van der Waals surface area contributed by atoms with Crippen molar-refractivity contribution in [2.24, 2.45) is 0 Å². The quantitative estimate of drug-likeness (QED) is 0.460. The molecule has 0 fully saturated rings. The minimum absolute atomic E-state index is 0.116. The summed E-state index contributed by atoms with van der Waals surface area (Å²) in [4.78, 5) is 26.0. The fourth-order valence-electron chi connectivity index (χ4n) is 4.18. The van der Waals surface area contributed by atoms with E-state index in [4.69, 9.17) is 14.6 Å². The standard InChI is InChI=1S/C26H27NO6/c1-3-5-13-33-20-15-17-7-6-8-19(32-4-2)22(17)24-23(20)25(30)27(26(24)31)18-11-9-16(10-12-18)14-21(28)29/h6-12,15,25,30H,3-5,13-14H2,1-2H3,(H,28,29). The molecular weight excluding hydrogens is 422 g/mol. The van der Waals surface area contributed by atoms with E-state index in [-0.39, 0.29) is 12.3 Å². The molecule has 0 saturated heterocycles. The van der Waals surface area contributed by atoms with Crippen LogP contribution in [-0.4, -0.2) is 35.3 Å². The van der Waals surface area contributed by atoms with Gasteiger partial charge in [0.15, 0.2) is 6.23 Å². The Morgan fingerprint density at radius 2 is 1.82 bits per heavy atom. The first kappa shape index (κ1) is 22.6. The SMILES string of the molecule is CCCCOc1cc2cccc(OCC)c2c2c1C(O)N(c1ccc(CC(=O)O)cc1)C2=O. The Morgan fingerprint density at radius 1 is 1.06 bits per heavy atom. The van der Waals surface area contributed by atoms with Gasteiger partial charge in [-0.2, -0.15) is 0 Å². The maximum atomic E-state index is 13.7. The Labute approximate surface area is 192 Å². The predicted octanol–water partition coefficient (Wildman–Crippen LogP) is 4.70. The molecule has 172 valence electrons. The van der Waals surface area contributed by atoms with Gasteiger partial charge in [0.05, 0.1) is 30.8 Å². The second kappa shape index (κ2) is 9.50. The molecule has 0 saturated carbocycles. The first-order valence-electron chi connectivity index (χ1n) is 11.1. The number of carboxylic acids is 1. The van der Waals surface area contributed by atoms with E-state index < -0.39 is 12.2 Å². The van der Waals surface area contributed by atoms with Crippen molar-refractivity contribution in [2.75, 3.05) is 18.1 Å². The van der Waals surface area contributed by atoms with E-state index in [2.05, 4.69) is 6.92 Å². The van der Waals surface area contributed by atoms with Gasteiger partial charge in [-0.05, 0) is 48.6 Å². The molecule has 1 amide bonds. The molecule has 0 aromatic heterocycles. The van der Waals surface area contributed by atoms with Gasteiger partial charge in [-0.25, -0.2) is 0 Å². The van der Waals surface area contributed by atoms with Gasteiger partial charge in [0.25, 0.3) is 5.91 Å². The van der Waals surface area contributed by atoms with Crippen molar-refractivity contribution in [1.82, 2.24) is 0 Å². The van der Waals surface area contributed by atoms with Gasteiger partial charge in [0, 0.05) is 11.1 Å². The third-order valence-electron chi connectivity index (χ3n) is 5.69. The number of rotatable bonds is 9. The number of aliphatic hydroxyl groups excluding tert-OH is 1. The summed E-state index contributed by atoms with van der Waals surface area (Å²) in [6.07, 6.45) is 0.452. The molecule has 4 rings (SSSR count). The van der Waals surface area contributed by atoms with Crippen LogP contribution >= 0.6 is 0 Å². The summed E-state index contributed by atoms with van der Waals surface area (Å²) in [7, 11) is 0. The van der Waals surface area contributed by atoms with Crippen molar-refractivity contribution < 1.29 is 29.3 Å². The van der Waals surface area contributed by atoms with E-state index in [1.807, 2.05) is 31.2 Å². The van der Waals surface area contributed by atoms with Crippen LogP contribution in [-0.2, 0) is 11.2 Å². The van der Waals surface area contributed by atoms with Gasteiger partial charge < -0.3 is 19.7 Å². The van der Waals surface area contributed by atoms with Crippen LogP contribution in [0, 0.1) is 0 Å². The number of unbranched alkanes of at least 4 members (excludes halogenated alkanes) is 1. The van der Waals surface area contributed by atoms with Crippen LogP contribution in [0.1, 0.15) is 54.4 Å². The van der Waals surface area contributed by atoms with Crippen LogP contribution in [0.3, 0.4) is 0 Å². The molecule has 0 radical (unpaired) electrons. The third kappa shape index (κ3) is 4.24. The minimum atomic E-state index is -1.24. The number of carbonyl (C=O) groups excluding carboxylic acids is 1. The van der Waals surface area contributed by atoms with Crippen molar-refractivity contribution in [3.63, 3.8) is 0 Å². The number of aliphatic carboxylic acids is 1. The number of benzene rings is 3. The average Bonchev–Trinajstić information content (AvgIpc) is 3.05. The Morgan fingerprint density at radius 3 is 2.48 bits per heavy atom. The van der Waals surface area contributed by atoms with Crippen molar-refractivity contribution in [1.29, 1.82) is 0 Å². The Bertz CT molecular complexity index is 1190. The molecule has 7 heteroatoms. The average molecular weight is 450 g/mol. The Balaban J connectivity index is 1.84. The Kier molecular flexibility index (Phi) is 6.51. The van der Waals surface area contributed by atoms with E-state index in [9.17, 15) is 14.7 Å². The van der Waals surface area contributed by atoms with Gasteiger partial charge >= 0.3 is 5.97 Å². The van der Waals surface area contributed by atoms with Crippen LogP contribution < -0.4 is 14.4 Å². The zero-order valence-corrected chi connectivity index (χ0v) is 18.7. The number of hydrogen-bond acceptors (Lipinski definition) is 5. The molecule has 1 heterocycles. The van der Waals surface area contributed by atoms with Crippen LogP contribution in [0.25, 0.3) is 10.8 Å². The molecule has 2 N–H and O–H groups in total. The summed E-state index contributed by atoms with van der Waals surface area (Å²) in [6.45, 7) is 4.86. The monoisotopic (exact) mass is 449 g/mol. The topological polar surface area (TPSA) is 96.3 Å². The minimum Gasteiger partial charge on any atom is -0.493 e. The number of aliphatic hydroxyl groups is 1. The van der Waals surface area contributed by atoms with Gasteiger partial charge in [-0.3, -0.25) is 14.5 Å². The van der Waals surface area contributed by atoms with E-state index in [0.717, 1.165) is 18.2 Å². The highest BCUT2D eigenvalue weighted by Gasteiger charge is 2.41. The zero-order valence-electron chi connectivity index (χ0n) is 18.7. The summed E-state index contributed by atoms with van der Waals surface area (Å²) in [5, 5.41) is 21.7. The maximum absolute atomic E-state index is 13.7. The van der Waals surface area contributed by atoms with Crippen LogP contribution in [0.5, 0.6) is 11.5 Å². The predicted molar refractivity (Wildman–Crippen MR) is 125 cm³/mol. The van der Waals surface area contributed by atoms with E-state index in [1.54, 1.807) is 24.3 Å². The van der Waals surface area contributed by atoms with Crippen molar-refractivity contribution in [2.45, 2.75) is 39.3 Å². The molecule has 1 aliphatic rings. The maximum Gasteiger partial charge on any atom is 0.307 e. The summed E-state index contributed by atoms with van der Waals surface area (Å²) < 4.78 is 11.8. The lowest BCUT2D eigenvalue weighted by Gasteiger charge is -2.22. The van der Waals surface area contributed by atoms with Gasteiger partial charge in [0.2, 0.25) is 0 Å². The molecule has 3 aromatic rings. The summed E-state index contributed by atoms with van der Waals surface area (Å²) >= 11 is 0. The molecular formula is C26H27NO6. The number of ether oxygens (including phenoxy) is 2. The molecule has 33 heavy (non-hydrogen) atoms. The molecule has 1 unspecified atom stereocenters. The van der Waals surface area contributed by atoms with E-state index in [0.29, 0.717) is 52.5 Å². The molecule has 0 spiro atoms.